The van der Waals surface area contributed by atoms with E-state index in [0.717, 1.165) is 87.4 Å². The molecule has 11 heteroatoms. The Morgan fingerprint density at radius 2 is 1.60 bits per heavy atom. The highest BCUT2D eigenvalue weighted by atomic mass is 35.5. The van der Waals surface area contributed by atoms with Crippen molar-refractivity contribution in [2.75, 3.05) is 76.9 Å². The third kappa shape index (κ3) is 5.30. The monoisotopic (exact) mass is 564 g/mol. The Bertz CT molecular complexity index is 1300. The number of amidine groups is 1. The number of halogens is 1. The average molecular weight is 565 g/mol. The summed E-state index contributed by atoms with van der Waals surface area (Å²) in [7, 11) is 5.30. The third-order valence-corrected chi connectivity index (χ3v) is 8.63. The number of aromatic nitrogens is 2. The summed E-state index contributed by atoms with van der Waals surface area (Å²) in [5.74, 6) is 3.13. The minimum atomic E-state index is -0.0666. The second-order valence-electron chi connectivity index (χ2n) is 10.5. The molecule has 1 unspecified atom stereocenters. The molecule has 4 aliphatic heterocycles. The summed E-state index contributed by atoms with van der Waals surface area (Å²) in [4.78, 5) is 23.7. The van der Waals surface area contributed by atoms with Crippen molar-refractivity contribution < 1.29 is 9.47 Å². The van der Waals surface area contributed by atoms with Gasteiger partial charge in [-0.2, -0.15) is 0 Å². The van der Waals surface area contributed by atoms with Crippen molar-refractivity contribution in [2.24, 2.45) is 4.99 Å². The Labute approximate surface area is 240 Å². The summed E-state index contributed by atoms with van der Waals surface area (Å²) in [5.41, 5.74) is 3.23. The predicted molar refractivity (Wildman–Crippen MR) is 159 cm³/mol. The van der Waals surface area contributed by atoms with Crippen molar-refractivity contribution >= 4 is 29.1 Å². The molecule has 0 bridgehead atoms. The molecule has 0 aliphatic carbocycles. The summed E-state index contributed by atoms with van der Waals surface area (Å²) in [6.07, 6.45) is 12.7. The number of aliphatic imine (C=N–C) groups is 1. The summed E-state index contributed by atoms with van der Waals surface area (Å²) in [6, 6.07) is 4.27. The number of methoxy groups -OCH3 is 2. The molecule has 4 aliphatic rings. The highest BCUT2D eigenvalue weighted by Gasteiger charge is 2.30. The Hall–Kier alpha value is -3.50. The third-order valence-electron chi connectivity index (χ3n) is 8.34. The van der Waals surface area contributed by atoms with Gasteiger partial charge in [0.15, 0.2) is 0 Å². The quantitative estimate of drug-likeness (QED) is 0.544. The van der Waals surface area contributed by atoms with Crippen LogP contribution < -0.4 is 24.6 Å². The van der Waals surface area contributed by atoms with Crippen molar-refractivity contribution in [1.29, 1.82) is 0 Å². The molecule has 1 N–H and O–H groups in total. The molecule has 2 aromatic rings. The van der Waals surface area contributed by atoms with Crippen molar-refractivity contribution in [3.8, 4) is 11.5 Å². The Morgan fingerprint density at radius 1 is 0.900 bits per heavy atom. The van der Waals surface area contributed by atoms with Crippen molar-refractivity contribution in [3.05, 3.63) is 59.2 Å². The number of nitrogens with one attached hydrogen (secondary N) is 1. The van der Waals surface area contributed by atoms with Gasteiger partial charge in [-0.1, -0.05) is 11.6 Å². The van der Waals surface area contributed by atoms with Crippen molar-refractivity contribution in [1.82, 2.24) is 25.1 Å². The normalized spacial score (nSPS) is 21.4. The Kier molecular flexibility index (Phi) is 7.71. The first-order valence-corrected chi connectivity index (χ1v) is 14.3. The van der Waals surface area contributed by atoms with Crippen LogP contribution in [0.2, 0.25) is 5.02 Å². The highest BCUT2D eigenvalue weighted by Crippen LogP contribution is 2.39. The molecule has 6 rings (SSSR count). The largest absolute Gasteiger partial charge is 0.496 e. The summed E-state index contributed by atoms with van der Waals surface area (Å²) >= 11 is 6.43. The second kappa shape index (κ2) is 11.5. The number of piperidine rings is 1. The standard InChI is InChI=1S/C29H37ClN8O2/c1-31-20-4-7-37(8-5-20)29-32-17-22(18-33-29)36-12-10-35(11-13-36)21-6-9-38-19-25(34-28(38)14-21)23-15-24(30)27(40-3)16-26(23)39-2/h6,9,14-18,20,25,31H,4-5,7-8,10-13,19H2,1-3H3. The minimum Gasteiger partial charge on any atom is -0.496 e. The van der Waals surface area contributed by atoms with Crippen molar-refractivity contribution in [3.63, 3.8) is 0 Å². The first-order chi connectivity index (χ1) is 19.6. The predicted octanol–water partition coefficient (Wildman–Crippen LogP) is 3.32. The van der Waals surface area contributed by atoms with E-state index >= 15 is 0 Å². The van der Waals surface area contributed by atoms with E-state index in [0.29, 0.717) is 16.8 Å². The van der Waals surface area contributed by atoms with Gasteiger partial charge in [0, 0.05) is 74.9 Å². The Morgan fingerprint density at radius 3 is 2.27 bits per heavy atom. The maximum atomic E-state index is 6.43. The number of anilines is 2. The average Bonchev–Trinajstić information content (AvgIpc) is 3.44. The minimum absolute atomic E-state index is 0.0666. The van der Waals surface area contributed by atoms with E-state index in [1.807, 2.05) is 31.6 Å². The molecule has 0 radical (unpaired) electrons. The van der Waals surface area contributed by atoms with E-state index in [2.05, 4.69) is 43.3 Å². The molecular weight excluding hydrogens is 528 g/mol. The molecule has 0 saturated carbocycles. The lowest BCUT2D eigenvalue weighted by Crippen LogP contribution is -2.46. The zero-order valence-electron chi connectivity index (χ0n) is 23.4. The van der Waals surface area contributed by atoms with E-state index in [9.17, 15) is 0 Å². The lowest BCUT2D eigenvalue weighted by Gasteiger charge is -2.38. The molecule has 10 nitrogen and oxygen atoms in total. The molecule has 1 aromatic heterocycles. The molecule has 0 spiro atoms. The molecular formula is C29H37ClN8O2. The molecule has 2 fully saturated rings. The van der Waals surface area contributed by atoms with Gasteiger partial charge in [0.25, 0.3) is 0 Å². The summed E-state index contributed by atoms with van der Waals surface area (Å²) in [5, 5.41) is 3.93. The number of allylic oxidation sites excluding steroid dienone is 1. The van der Waals surface area contributed by atoms with Gasteiger partial charge in [0.1, 0.15) is 17.3 Å². The number of hydrogen-bond acceptors (Lipinski definition) is 10. The zero-order valence-corrected chi connectivity index (χ0v) is 24.1. The first kappa shape index (κ1) is 26.7. The lowest BCUT2D eigenvalue weighted by molar-refractivity contribution is 0.328. The van der Waals surface area contributed by atoms with Crippen LogP contribution in [0.5, 0.6) is 11.5 Å². The van der Waals surface area contributed by atoms with Crippen molar-refractivity contribution in [2.45, 2.75) is 24.9 Å². The van der Waals surface area contributed by atoms with E-state index in [1.165, 1.54) is 5.70 Å². The van der Waals surface area contributed by atoms with Gasteiger partial charge in [-0.3, -0.25) is 4.99 Å². The molecule has 40 heavy (non-hydrogen) atoms. The highest BCUT2D eigenvalue weighted by molar-refractivity contribution is 6.32. The Balaban J connectivity index is 1.08. The fraction of sp³-hybridized carbons (Fsp3) is 0.483. The number of nitrogens with zero attached hydrogens (tertiary/aromatic N) is 7. The van der Waals surface area contributed by atoms with Crippen LogP contribution >= 0.6 is 11.6 Å². The molecule has 2 saturated heterocycles. The maximum absolute atomic E-state index is 6.43. The number of fused-ring (bicyclic) bond motifs is 1. The van der Waals surface area contributed by atoms with E-state index in [1.54, 1.807) is 14.2 Å². The summed E-state index contributed by atoms with van der Waals surface area (Å²) < 4.78 is 11.0. The zero-order chi connectivity index (χ0) is 27.6. The topological polar surface area (TPSA) is 81.6 Å². The smallest absolute Gasteiger partial charge is 0.225 e. The number of piperazine rings is 1. The van der Waals surface area contributed by atoms with E-state index in [-0.39, 0.29) is 6.04 Å². The van der Waals surface area contributed by atoms with Crippen LogP contribution in [0.4, 0.5) is 11.6 Å². The second-order valence-corrected chi connectivity index (χ2v) is 10.9. The SMILES string of the molecule is CNC1CCN(c2ncc(N3CCN(C4=CC5=NC(c6cc(Cl)c(OC)cc6OC)CN5C=C4)CC3)cn2)CC1. The van der Waals surface area contributed by atoms with Crippen LogP contribution in [0.1, 0.15) is 24.4 Å². The molecule has 212 valence electrons. The first-order valence-electron chi connectivity index (χ1n) is 14.0. The van der Waals surface area contributed by atoms with Gasteiger partial charge in [-0.15, -0.1) is 0 Å². The van der Waals surface area contributed by atoms with Crippen LogP contribution in [0.25, 0.3) is 0 Å². The van der Waals surface area contributed by atoms with E-state index < -0.39 is 0 Å². The molecule has 5 heterocycles. The summed E-state index contributed by atoms with van der Waals surface area (Å²) in [6.45, 7) is 6.42. The number of benzene rings is 1. The molecule has 1 aromatic carbocycles. The van der Waals surface area contributed by atoms with Crippen LogP contribution in [-0.4, -0.2) is 98.7 Å². The fourth-order valence-corrected chi connectivity index (χ4v) is 6.15. The van der Waals surface area contributed by atoms with Gasteiger partial charge >= 0.3 is 0 Å². The van der Waals surface area contributed by atoms with Gasteiger partial charge in [0.05, 0.1) is 49.9 Å². The van der Waals surface area contributed by atoms with Crippen LogP contribution in [-0.2, 0) is 0 Å². The van der Waals surface area contributed by atoms with Gasteiger partial charge in [-0.25, -0.2) is 9.97 Å². The number of rotatable bonds is 7. The molecule has 0 amide bonds. The van der Waals surface area contributed by atoms with Gasteiger partial charge < -0.3 is 34.4 Å². The van der Waals surface area contributed by atoms with Crippen LogP contribution in [0, 0.1) is 0 Å². The molecule has 1 atom stereocenters. The van der Waals surface area contributed by atoms with Gasteiger partial charge in [0.2, 0.25) is 5.95 Å². The number of ether oxygens (including phenoxy) is 2. The maximum Gasteiger partial charge on any atom is 0.225 e. The van der Waals surface area contributed by atoms with Gasteiger partial charge in [-0.05, 0) is 32.0 Å². The van der Waals surface area contributed by atoms with E-state index in [4.69, 9.17) is 36.0 Å². The van der Waals surface area contributed by atoms with Crippen LogP contribution in [0.3, 0.4) is 0 Å². The number of hydrogen-bond donors (Lipinski definition) is 1. The lowest BCUT2D eigenvalue weighted by atomic mass is 10.1. The fourth-order valence-electron chi connectivity index (χ4n) is 5.90. The van der Waals surface area contributed by atoms with Crippen LogP contribution in [0.15, 0.2) is 53.6 Å².